The van der Waals surface area contributed by atoms with Crippen LogP contribution in [0.1, 0.15) is 5.56 Å². The zero-order valence-corrected chi connectivity index (χ0v) is 19.2. The molecule has 170 valence electrons. The van der Waals surface area contributed by atoms with E-state index in [1.807, 2.05) is 30.3 Å². The van der Waals surface area contributed by atoms with E-state index in [2.05, 4.69) is 30.1 Å². The Labute approximate surface area is 194 Å². The first-order chi connectivity index (χ1) is 16.0. The first kappa shape index (κ1) is 21.5. The molecular weight excluding hydrogens is 441 g/mol. The predicted molar refractivity (Wildman–Crippen MR) is 131 cm³/mol. The van der Waals surface area contributed by atoms with E-state index in [1.54, 1.807) is 14.1 Å². The Hall–Kier alpha value is -3.37. The molecular formula is C23H24FN7OS. The highest BCUT2D eigenvalue weighted by Crippen LogP contribution is 2.29. The lowest BCUT2D eigenvalue weighted by atomic mass is 10.1. The molecule has 0 saturated carbocycles. The molecule has 2 N–H and O–H groups in total. The Morgan fingerprint density at radius 2 is 1.88 bits per heavy atom. The van der Waals surface area contributed by atoms with Gasteiger partial charge in [0.15, 0.2) is 5.82 Å². The SMILES string of the molecule is CNc1ncnc2c(F)c(N3CCN(Cc4ccc5c(=S)n(C)c(=O)[nH]c5c4)CC3)ccc12. The number of nitrogens with zero attached hydrogens (tertiary/aromatic N) is 5. The molecule has 2 aromatic carbocycles. The van der Waals surface area contributed by atoms with Gasteiger partial charge in [-0.1, -0.05) is 18.3 Å². The molecule has 1 saturated heterocycles. The fourth-order valence-electron chi connectivity index (χ4n) is 4.39. The first-order valence-electron chi connectivity index (χ1n) is 10.8. The van der Waals surface area contributed by atoms with Crippen LogP contribution in [0.5, 0.6) is 0 Å². The summed E-state index contributed by atoms with van der Waals surface area (Å²) in [6, 6.07) is 9.68. The number of aromatic amines is 1. The van der Waals surface area contributed by atoms with Gasteiger partial charge < -0.3 is 15.2 Å². The van der Waals surface area contributed by atoms with Crippen LogP contribution in [0.2, 0.25) is 0 Å². The van der Waals surface area contributed by atoms with Crippen molar-refractivity contribution in [2.45, 2.75) is 6.54 Å². The van der Waals surface area contributed by atoms with Gasteiger partial charge in [-0.25, -0.2) is 19.2 Å². The number of H-pyrrole nitrogens is 1. The summed E-state index contributed by atoms with van der Waals surface area (Å²) in [5, 5.41) is 4.51. The van der Waals surface area contributed by atoms with Gasteiger partial charge >= 0.3 is 5.69 Å². The van der Waals surface area contributed by atoms with E-state index in [-0.39, 0.29) is 11.5 Å². The third-order valence-electron chi connectivity index (χ3n) is 6.25. The van der Waals surface area contributed by atoms with Gasteiger partial charge in [-0.2, -0.15) is 0 Å². The van der Waals surface area contributed by atoms with Crippen LogP contribution < -0.4 is 15.9 Å². The van der Waals surface area contributed by atoms with Gasteiger partial charge in [-0.15, -0.1) is 0 Å². The highest BCUT2D eigenvalue weighted by molar-refractivity contribution is 7.71. The summed E-state index contributed by atoms with van der Waals surface area (Å²) in [6.45, 7) is 3.77. The van der Waals surface area contributed by atoms with Crippen molar-refractivity contribution in [1.82, 2.24) is 24.4 Å². The molecule has 1 aliphatic heterocycles. The molecule has 0 unspecified atom stereocenters. The number of aromatic nitrogens is 4. The molecule has 33 heavy (non-hydrogen) atoms. The number of fused-ring (bicyclic) bond motifs is 2. The van der Waals surface area contributed by atoms with Crippen LogP contribution in [0.4, 0.5) is 15.9 Å². The minimum atomic E-state index is -0.314. The molecule has 1 fully saturated rings. The van der Waals surface area contributed by atoms with E-state index < -0.39 is 0 Å². The molecule has 8 nitrogen and oxygen atoms in total. The van der Waals surface area contributed by atoms with Gasteiger partial charge in [0.2, 0.25) is 0 Å². The molecule has 2 aromatic heterocycles. The van der Waals surface area contributed by atoms with Gasteiger partial charge in [-0.05, 0) is 29.8 Å². The van der Waals surface area contributed by atoms with Gasteiger partial charge in [-0.3, -0.25) is 9.47 Å². The zero-order valence-electron chi connectivity index (χ0n) is 18.4. The third kappa shape index (κ3) is 3.85. The average molecular weight is 466 g/mol. The quantitative estimate of drug-likeness (QED) is 0.449. The van der Waals surface area contributed by atoms with Gasteiger partial charge in [0.1, 0.15) is 22.3 Å². The Balaban J connectivity index is 1.32. The summed E-state index contributed by atoms with van der Waals surface area (Å²) in [7, 11) is 3.43. The molecule has 0 aliphatic carbocycles. The normalized spacial score (nSPS) is 14.8. The van der Waals surface area contributed by atoms with Crippen molar-refractivity contribution in [1.29, 1.82) is 0 Å². The van der Waals surface area contributed by atoms with Crippen molar-refractivity contribution in [2.24, 2.45) is 7.05 Å². The number of rotatable bonds is 4. The summed E-state index contributed by atoms with van der Waals surface area (Å²) in [5.74, 6) is 0.301. The standard InChI is InChI=1S/C23H24FN7OS/c1-25-21-16-5-6-18(19(24)20(16)26-13-27-21)31-9-7-30(8-10-31)12-14-3-4-15-17(11-14)28-23(32)29(2)22(15)33/h3-6,11,13H,7-10,12H2,1-2H3,(H,28,32)(H,25,26,27). The largest absolute Gasteiger partial charge is 0.373 e. The molecule has 0 radical (unpaired) electrons. The van der Waals surface area contributed by atoms with Crippen LogP contribution in [0.3, 0.4) is 0 Å². The van der Waals surface area contributed by atoms with E-state index in [0.717, 1.165) is 36.1 Å². The van der Waals surface area contributed by atoms with Crippen molar-refractivity contribution in [3.63, 3.8) is 0 Å². The Morgan fingerprint density at radius 3 is 2.64 bits per heavy atom. The van der Waals surface area contributed by atoms with Crippen molar-refractivity contribution in [2.75, 3.05) is 43.4 Å². The van der Waals surface area contributed by atoms with Crippen molar-refractivity contribution in [3.05, 3.63) is 63.2 Å². The van der Waals surface area contributed by atoms with Crippen molar-refractivity contribution in [3.8, 4) is 0 Å². The van der Waals surface area contributed by atoms with E-state index in [9.17, 15) is 4.79 Å². The van der Waals surface area contributed by atoms with Crippen LogP contribution in [-0.2, 0) is 13.6 Å². The molecule has 0 bridgehead atoms. The predicted octanol–water partition coefficient (Wildman–Crippen LogP) is 3.04. The number of hydrogen-bond acceptors (Lipinski definition) is 7. The summed E-state index contributed by atoms with van der Waals surface area (Å²) < 4.78 is 17.2. The summed E-state index contributed by atoms with van der Waals surface area (Å²) in [5.41, 5.74) is 2.53. The number of benzene rings is 2. The topological polar surface area (TPSA) is 82.1 Å². The van der Waals surface area contributed by atoms with Crippen molar-refractivity contribution < 1.29 is 4.39 Å². The molecule has 10 heteroatoms. The maximum absolute atomic E-state index is 15.2. The average Bonchev–Trinajstić information content (AvgIpc) is 2.83. The fraction of sp³-hybridized carbons (Fsp3) is 0.304. The van der Waals surface area contributed by atoms with Crippen LogP contribution in [0.25, 0.3) is 21.8 Å². The molecule has 5 rings (SSSR count). The monoisotopic (exact) mass is 465 g/mol. The molecule has 3 heterocycles. The smallest absolute Gasteiger partial charge is 0.326 e. The summed E-state index contributed by atoms with van der Waals surface area (Å²) in [4.78, 5) is 27.7. The van der Waals surface area contributed by atoms with Gasteiger partial charge in [0.25, 0.3) is 0 Å². The fourth-order valence-corrected chi connectivity index (χ4v) is 4.65. The van der Waals surface area contributed by atoms with E-state index >= 15 is 4.39 Å². The van der Waals surface area contributed by atoms with E-state index in [4.69, 9.17) is 12.2 Å². The van der Waals surface area contributed by atoms with Gasteiger partial charge in [0, 0.05) is 57.6 Å². The number of halogens is 1. The lowest BCUT2D eigenvalue weighted by Gasteiger charge is -2.36. The molecule has 1 aliphatic rings. The molecule has 0 spiro atoms. The van der Waals surface area contributed by atoms with Gasteiger partial charge in [0.05, 0.1) is 11.2 Å². The molecule has 0 amide bonds. The highest BCUT2D eigenvalue weighted by atomic mass is 32.1. The lowest BCUT2D eigenvalue weighted by molar-refractivity contribution is 0.249. The number of piperazine rings is 1. The lowest BCUT2D eigenvalue weighted by Crippen LogP contribution is -2.46. The minimum absolute atomic E-state index is 0.220. The number of hydrogen-bond donors (Lipinski definition) is 2. The van der Waals surface area contributed by atoms with E-state index in [0.29, 0.717) is 40.1 Å². The van der Waals surface area contributed by atoms with E-state index in [1.165, 1.54) is 10.9 Å². The molecule has 0 atom stereocenters. The number of nitrogens with one attached hydrogen (secondary N) is 2. The minimum Gasteiger partial charge on any atom is -0.373 e. The zero-order chi connectivity index (χ0) is 23.1. The maximum atomic E-state index is 15.2. The van der Waals surface area contributed by atoms with Crippen LogP contribution in [0, 0.1) is 10.5 Å². The van der Waals surface area contributed by atoms with Crippen LogP contribution in [0.15, 0.2) is 41.5 Å². The molecule has 4 aromatic rings. The second-order valence-corrected chi connectivity index (χ2v) is 8.59. The Morgan fingerprint density at radius 1 is 1.12 bits per heavy atom. The highest BCUT2D eigenvalue weighted by Gasteiger charge is 2.22. The Bertz CT molecular complexity index is 1470. The summed E-state index contributed by atoms with van der Waals surface area (Å²) in [6.07, 6.45) is 1.38. The summed E-state index contributed by atoms with van der Waals surface area (Å²) >= 11 is 5.39. The van der Waals surface area contributed by atoms with Crippen LogP contribution in [-0.4, -0.2) is 57.6 Å². The first-order valence-corrected chi connectivity index (χ1v) is 11.2. The number of anilines is 2. The van der Waals surface area contributed by atoms with Crippen molar-refractivity contribution >= 4 is 45.5 Å². The van der Waals surface area contributed by atoms with Crippen LogP contribution >= 0.6 is 12.2 Å². The third-order valence-corrected chi connectivity index (χ3v) is 6.74. The Kier molecular flexibility index (Phi) is 5.55. The second-order valence-electron chi connectivity index (χ2n) is 8.20. The maximum Gasteiger partial charge on any atom is 0.326 e. The second kappa shape index (κ2) is 8.53.